The van der Waals surface area contributed by atoms with E-state index in [1.54, 1.807) is 17.5 Å². The zero-order valence-corrected chi connectivity index (χ0v) is 19.8. The Hall–Kier alpha value is -4.05. The van der Waals surface area contributed by atoms with Crippen LogP contribution in [0.15, 0.2) is 69.6 Å². The number of amides is 1. The molecule has 2 heterocycles. The van der Waals surface area contributed by atoms with Crippen LogP contribution in [0.2, 0.25) is 0 Å². The number of H-pyrrole nitrogens is 1. The molecule has 0 aliphatic heterocycles. The zero-order valence-electron chi connectivity index (χ0n) is 19.0. The number of nitrogens with two attached hydrogens (primary N) is 1. The van der Waals surface area contributed by atoms with Crippen molar-refractivity contribution in [1.82, 2.24) is 14.5 Å². The SMILES string of the molecule is CCCN(C(=O)Cc1csc(-c2ccc(F)cc2)n1)c1c(N)n(Cc2ccccc2)c(=O)[nH]c1=O. The summed E-state index contributed by atoms with van der Waals surface area (Å²) in [6.45, 7) is 2.27. The van der Waals surface area contributed by atoms with Crippen molar-refractivity contribution in [1.29, 1.82) is 0 Å². The molecule has 0 radical (unpaired) electrons. The summed E-state index contributed by atoms with van der Waals surface area (Å²) in [5.41, 5.74) is 6.96. The third-order valence-corrected chi connectivity index (χ3v) is 6.33. The van der Waals surface area contributed by atoms with Gasteiger partial charge in [-0.3, -0.25) is 19.1 Å². The number of carbonyl (C=O) groups excluding carboxylic acids is 1. The second-order valence-corrected chi connectivity index (χ2v) is 8.80. The van der Waals surface area contributed by atoms with Gasteiger partial charge in [-0.25, -0.2) is 14.2 Å². The van der Waals surface area contributed by atoms with Crippen molar-refractivity contribution in [3.05, 3.63) is 97.9 Å². The fourth-order valence-electron chi connectivity index (χ4n) is 3.71. The van der Waals surface area contributed by atoms with Crippen LogP contribution in [0.1, 0.15) is 24.6 Å². The van der Waals surface area contributed by atoms with E-state index in [9.17, 15) is 18.8 Å². The van der Waals surface area contributed by atoms with E-state index >= 15 is 0 Å². The Labute approximate surface area is 204 Å². The Morgan fingerprint density at radius 3 is 2.54 bits per heavy atom. The Bertz CT molecular complexity index is 1440. The number of anilines is 2. The van der Waals surface area contributed by atoms with Gasteiger partial charge >= 0.3 is 5.69 Å². The molecular weight excluding hydrogens is 469 g/mol. The molecule has 0 bridgehead atoms. The van der Waals surface area contributed by atoms with Crippen molar-refractivity contribution < 1.29 is 9.18 Å². The zero-order chi connectivity index (χ0) is 24.9. The van der Waals surface area contributed by atoms with Crippen LogP contribution in [0.4, 0.5) is 15.9 Å². The molecule has 0 aliphatic carbocycles. The van der Waals surface area contributed by atoms with Gasteiger partial charge in [0.15, 0.2) is 5.69 Å². The summed E-state index contributed by atoms with van der Waals surface area (Å²) < 4.78 is 14.5. The molecule has 180 valence electrons. The van der Waals surface area contributed by atoms with Crippen molar-refractivity contribution in [2.24, 2.45) is 0 Å². The maximum absolute atomic E-state index is 13.3. The van der Waals surface area contributed by atoms with Gasteiger partial charge in [0.25, 0.3) is 5.56 Å². The minimum Gasteiger partial charge on any atom is -0.383 e. The summed E-state index contributed by atoms with van der Waals surface area (Å²) in [5, 5.41) is 2.41. The molecule has 8 nitrogen and oxygen atoms in total. The number of carbonyl (C=O) groups is 1. The molecule has 0 atom stereocenters. The Morgan fingerprint density at radius 1 is 1.14 bits per heavy atom. The van der Waals surface area contributed by atoms with Gasteiger partial charge in [-0.1, -0.05) is 37.3 Å². The number of benzene rings is 2. The number of aromatic amines is 1. The maximum atomic E-state index is 13.3. The summed E-state index contributed by atoms with van der Waals surface area (Å²) >= 11 is 1.34. The van der Waals surface area contributed by atoms with Crippen molar-refractivity contribution in [2.45, 2.75) is 26.3 Å². The number of halogens is 1. The number of nitrogens with zero attached hydrogens (tertiary/aromatic N) is 3. The molecule has 2 aromatic heterocycles. The van der Waals surface area contributed by atoms with Crippen LogP contribution in [0.5, 0.6) is 0 Å². The van der Waals surface area contributed by atoms with Crippen molar-refractivity contribution in [3.63, 3.8) is 0 Å². The lowest BCUT2D eigenvalue weighted by Crippen LogP contribution is -2.42. The molecule has 0 spiro atoms. The quantitative estimate of drug-likeness (QED) is 0.390. The highest BCUT2D eigenvalue weighted by atomic mass is 32.1. The number of nitrogens with one attached hydrogen (secondary N) is 1. The third kappa shape index (κ3) is 5.38. The first-order chi connectivity index (χ1) is 16.9. The van der Waals surface area contributed by atoms with Crippen molar-refractivity contribution in [2.75, 3.05) is 17.2 Å². The monoisotopic (exact) mass is 493 g/mol. The minimum absolute atomic E-state index is 0.0543. The lowest BCUT2D eigenvalue weighted by molar-refractivity contribution is -0.118. The molecule has 0 aliphatic rings. The molecule has 4 aromatic rings. The van der Waals surface area contributed by atoms with Crippen LogP contribution in [0.25, 0.3) is 10.6 Å². The van der Waals surface area contributed by atoms with E-state index in [-0.39, 0.29) is 42.7 Å². The normalized spacial score (nSPS) is 10.9. The van der Waals surface area contributed by atoms with Crippen LogP contribution in [-0.4, -0.2) is 27.0 Å². The largest absolute Gasteiger partial charge is 0.383 e. The number of thiazole rings is 1. The Kier molecular flexibility index (Phi) is 7.21. The van der Waals surface area contributed by atoms with Crippen LogP contribution in [0, 0.1) is 5.82 Å². The number of rotatable bonds is 8. The highest BCUT2D eigenvalue weighted by Crippen LogP contribution is 2.25. The van der Waals surface area contributed by atoms with E-state index in [1.165, 1.54) is 32.9 Å². The average molecular weight is 494 g/mol. The molecule has 0 saturated carbocycles. The molecule has 10 heteroatoms. The lowest BCUT2D eigenvalue weighted by atomic mass is 10.2. The van der Waals surface area contributed by atoms with Gasteiger partial charge in [-0.15, -0.1) is 11.3 Å². The van der Waals surface area contributed by atoms with E-state index < -0.39 is 11.2 Å². The predicted molar refractivity (Wildman–Crippen MR) is 135 cm³/mol. The Morgan fingerprint density at radius 2 is 1.86 bits per heavy atom. The maximum Gasteiger partial charge on any atom is 0.330 e. The van der Waals surface area contributed by atoms with Crippen molar-refractivity contribution >= 4 is 28.7 Å². The first-order valence-corrected chi connectivity index (χ1v) is 11.9. The average Bonchev–Trinajstić information content (AvgIpc) is 3.30. The first kappa shape index (κ1) is 24.1. The molecular formula is C25H24FN5O3S. The highest BCUT2D eigenvalue weighted by Gasteiger charge is 2.24. The molecule has 2 aromatic carbocycles. The molecule has 3 N–H and O–H groups in total. The predicted octanol–water partition coefficient (Wildman–Crippen LogP) is 3.42. The topological polar surface area (TPSA) is 114 Å². The number of nitrogen functional groups attached to an aromatic ring is 1. The summed E-state index contributed by atoms with van der Waals surface area (Å²) in [6, 6.07) is 15.2. The Balaban J connectivity index is 1.63. The fourth-order valence-corrected chi connectivity index (χ4v) is 4.54. The smallest absolute Gasteiger partial charge is 0.330 e. The summed E-state index contributed by atoms with van der Waals surface area (Å²) in [4.78, 5) is 46.7. The number of hydrogen-bond donors (Lipinski definition) is 2. The van der Waals surface area contributed by atoms with Crippen LogP contribution >= 0.6 is 11.3 Å². The summed E-state index contributed by atoms with van der Waals surface area (Å²) in [5.74, 6) is -0.785. The van der Waals surface area contributed by atoms with Gasteiger partial charge in [-0.05, 0) is 36.2 Å². The standard InChI is InChI=1S/C25H24FN5O3S/c1-2-12-30(20(32)13-19-15-35-24(28-19)17-8-10-18(26)11-9-17)21-22(27)31(25(34)29-23(21)33)14-16-6-4-3-5-7-16/h3-11,15H,2,12-14,27H2,1H3,(H,29,33,34). The lowest BCUT2D eigenvalue weighted by Gasteiger charge is -2.24. The van der Waals surface area contributed by atoms with Gasteiger partial charge in [0.1, 0.15) is 16.6 Å². The van der Waals surface area contributed by atoms with Gasteiger partial charge in [-0.2, -0.15) is 0 Å². The molecule has 35 heavy (non-hydrogen) atoms. The summed E-state index contributed by atoms with van der Waals surface area (Å²) in [7, 11) is 0. The van der Waals surface area contributed by atoms with Gasteiger partial charge in [0.2, 0.25) is 5.91 Å². The van der Waals surface area contributed by atoms with E-state index in [0.29, 0.717) is 17.1 Å². The third-order valence-electron chi connectivity index (χ3n) is 5.39. The van der Waals surface area contributed by atoms with Gasteiger partial charge in [0, 0.05) is 17.5 Å². The first-order valence-electron chi connectivity index (χ1n) is 11.0. The molecule has 4 rings (SSSR count). The van der Waals surface area contributed by atoms with Crippen LogP contribution in [-0.2, 0) is 17.8 Å². The van der Waals surface area contributed by atoms with E-state index in [1.807, 2.05) is 37.3 Å². The molecule has 0 fully saturated rings. The highest BCUT2D eigenvalue weighted by molar-refractivity contribution is 7.13. The van der Waals surface area contributed by atoms with E-state index in [0.717, 1.165) is 11.1 Å². The summed E-state index contributed by atoms with van der Waals surface area (Å²) in [6.07, 6.45) is 0.509. The second-order valence-electron chi connectivity index (χ2n) is 7.94. The van der Waals surface area contributed by atoms with Gasteiger partial charge < -0.3 is 10.6 Å². The second kappa shape index (κ2) is 10.5. The van der Waals surface area contributed by atoms with Gasteiger partial charge in [0.05, 0.1) is 18.7 Å². The molecule has 0 saturated heterocycles. The number of aromatic nitrogens is 3. The van der Waals surface area contributed by atoms with Crippen LogP contribution < -0.4 is 21.9 Å². The van der Waals surface area contributed by atoms with E-state index in [4.69, 9.17) is 5.73 Å². The fraction of sp³-hybridized carbons (Fsp3) is 0.200. The minimum atomic E-state index is -0.719. The molecule has 1 amide bonds. The number of hydrogen-bond acceptors (Lipinski definition) is 6. The van der Waals surface area contributed by atoms with Crippen molar-refractivity contribution in [3.8, 4) is 10.6 Å². The van der Waals surface area contributed by atoms with E-state index in [2.05, 4.69) is 9.97 Å². The molecule has 0 unspecified atom stereocenters. The van der Waals surface area contributed by atoms with Crippen LogP contribution in [0.3, 0.4) is 0 Å².